The highest BCUT2D eigenvalue weighted by Gasteiger charge is 2.15. The van der Waals surface area contributed by atoms with Crippen LogP contribution in [0.5, 0.6) is 0 Å². The summed E-state index contributed by atoms with van der Waals surface area (Å²) < 4.78 is 0. The maximum absolute atomic E-state index is 3.69. The largest absolute Gasteiger partial charge is 0.314 e. The first-order valence-corrected chi connectivity index (χ1v) is 7.83. The normalized spacial score (nSPS) is 19.5. The number of hydrogen-bond acceptors (Lipinski definition) is 3. The Morgan fingerprint density at radius 3 is 2.62 bits per heavy atom. The van der Waals surface area contributed by atoms with Crippen LogP contribution in [0.4, 0.5) is 0 Å². The molecule has 1 aliphatic rings. The molecule has 0 amide bonds. The Balaban J connectivity index is 1.87. The lowest BCUT2D eigenvalue weighted by atomic mass is 10.1. The highest BCUT2D eigenvalue weighted by molar-refractivity contribution is 7.99. The Kier molecular flexibility index (Phi) is 7.50. The van der Waals surface area contributed by atoms with Crippen LogP contribution in [0, 0.1) is 5.92 Å². The number of piperidine rings is 1. The first kappa shape index (κ1) is 14.3. The van der Waals surface area contributed by atoms with Gasteiger partial charge in [0.05, 0.1) is 0 Å². The second-order valence-electron chi connectivity index (χ2n) is 5.35. The van der Waals surface area contributed by atoms with Crippen molar-refractivity contribution in [2.24, 2.45) is 5.92 Å². The second kappa shape index (κ2) is 8.37. The first-order valence-electron chi connectivity index (χ1n) is 6.68. The average Bonchev–Trinajstić information content (AvgIpc) is 2.25. The molecule has 0 radical (unpaired) electrons. The summed E-state index contributed by atoms with van der Waals surface area (Å²) >= 11 is 2.10. The third-order valence-corrected chi connectivity index (χ3v) is 4.55. The molecule has 0 saturated carbocycles. The van der Waals surface area contributed by atoms with E-state index in [0.29, 0.717) is 0 Å². The van der Waals surface area contributed by atoms with E-state index in [2.05, 4.69) is 42.9 Å². The Morgan fingerprint density at radius 1 is 1.31 bits per heavy atom. The summed E-state index contributed by atoms with van der Waals surface area (Å²) in [5, 5.41) is 3.69. The molecule has 0 unspecified atom stereocenters. The van der Waals surface area contributed by atoms with Crippen LogP contribution < -0.4 is 5.32 Å². The van der Waals surface area contributed by atoms with Crippen LogP contribution in [-0.2, 0) is 0 Å². The molecule has 1 rings (SSSR count). The molecular formula is C13H28N2S. The third kappa shape index (κ3) is 6.77. The zero-order valence-corrected chi connectivity index (χ0v) is 12.0. The summed E-state index contributed by atoms with van der Waals surface area (Å²) in [5.74, 6) is 3.47. The van der Waals surface area contributed by atoms with Gasteiger partial charge in [-0.1, -0.05) is 13.8 Å². The van der Waals surface area contributed by atoms with Gasteiger partial charge in [0.1, 0.15) is 0 Å². The van der Waals surface area contributed by atoms with Gasteiger partial charge in [-0.3, -0.25) is 0 Å². The molecule has 0 atom stereocenters. The Bertz CT molecular complexity index is 165. The van der Waals surface area contributed by atoms with E-state index in [4.69, 9.17) is 0 Å². The molecule has 0 aromatic rings. The molecule has 0 bridgehead atoms. The molecule has 1 saturated heterocycles. The van der Waals surface area contributed by atoms with E-state index >= 15 is 0 Å². The molecule has 0 aliphatic carbocycles. The minimum absolute atomic E-state index is 0.784. The first-order chi connectivity index (χ1) is 7.68. The maximum atomic E-state index is 3.69. The van der Waals surface area contributed by atoms with Crippen LogP contribution in [0.2, 0.25) is 0 Å². The predicted octanol–water partition coefficient (Wildman–Crippen LogP) is 2.45. The van der Waals surface area contributed by atoms with Gasteiger partial charge in [-0.2, -0.15) is 11.8 Å². The minimum Gasteiger partial charge on any atom is -0.314 e. The number of nitrogens with zero attached hydrogens (tertiary/aromatic N) is 1. The molecule has 0 spiro atoms. The van der Waals surface area contributed by atoms with Crippen molar-refractivity contribution >= 4 is 11.8 Å². The topological polar surface area (TPSA) is 15.3 Å². The maximum Gasteiger partial charge on any atom is 0.00914 e. The molecular weight excluding hydrogens is 216 g/mol. The molecule has 1 heterocycles. The predicted molar refractivity (Wildman–Crippen MR) is 75.3 cm³/mol. The Labute approximate surface area is 106 Å². The van der Waals surface area contributed by atoms with E-state index in [1.54, 1.807) is 0 Å². The number of thioether (sulfide) groups is 1. The number of likely N-dealkylation sites (tertiary alicyclic amines) is 1. The molecule has 2 nitrogen and oxygen atoms in total. The minimum atomic E-state index is 0.784. The Hall–Kier alpha value is 0.270. The molecule has 96 valence electrons. The van der Waals surface area contributed by atoms with Crippen molar-refractivity contribution < 1.29 is 0 Å². The average molecular weight is 244 g/mol. The molecule has 16 heavy (non-hydrogen) atoms. The molecule has 1 fully saturated rings. The van der Waals surface area contributed by atoms with Crippen molar-refractivity contribution in [2.75, 3.05) is 38.2 Å². The molecule has 0 aromatic heterocycles. The number of nitrogens with one attached hydrogen (secondary N) is 1. The van der Waals surface area contributed by atoms with E-state index in [1.165, 1.54) is 50.4 Å². The highest BCUT2D eigenvalue weighted by Crippen LogP contribution is 2.10. The van der Waals surface area contributed by atoms with Gasteiger partial charge in [0.15, 0.2) is 0 Å². The molecule has 0 aromatic carbocycles. The van der Waals surface area contributed by atoms with Gasteiger partial charge in [-0.25, -0.2) is 0 Å². The van der Waals surface area contributed by atoms with Gasteiger partial charge >= 0.3 is 0 Å². The summed E-state index contributed by atoms with van der Waals surface area (Å²) in [5.41, 5.74) is 0. The zero-order chi connectivity index (χ0) is 11.8. The van der Waals surface area contributed by atoms with Gasteiger partial charge in [-0.05, 0) is 63.4 Å². The van der Waals surface area contributed by atoms with E-state index in [9.17, 15) is 0 Å². The molecule has 3 heteroatoms. The van der Waals surface area contributed by atoms with E-state index in [1.807, 2.05) is 0 Å². The zero-order valence-electron chi connectivity index (χ0n) is 11.2. The van der Waals surface area contributed by atoms with Gasteiger partial charge in [0, 0.05) is 6.04 Å². The SMILES string of the molecule is CC(C)CSCCCNC1CCN(C)CC1. The number of rotatable bonds is 7. The van der Waals surface area contributed by atoms with Crippen molar-refractivity contribution in [3.05, 3.63) is 0 Å². The van der Waals surface area contributed by atoms with Gasteiger partial charge in [0.2, 0.25) is 0 Å². The van der Waals surface area contributed by atoms with Crippen LogP contribution in [0.1, 0.15) is 33.1 Å². The highest BCUT2D eigenvalue weighted by atomic mass is 32.2. The summed E-state index contributed by atoms with van der Waals surface area (Å²) in [6.07, 6.45) is 3.98. The monoisotopic (exact) mass is 244 g/mol. The van der Waals surface area contributed by atoms with E-state index < -0.39 is 0 Å². The summed E-state index contributed by atoms with van der Waals surface area (Å²) in [7, 11) is 2.22. The van der Waals surface area contributed by atoms with Crippen molar-refractivity contribution in [3.8, 4) is 0 Å². The molecule has 1 N–H and O–H groups in total. The fourth-order valence-corrected chi connectivity index (χ4v) is 3.00. The third-order valence-electron chi connectivity index (χ3n) is 3.07. The lowest BCUT2D eigenvalue weighted by Crippen LogP contribution is -2.41. The number of hydrogen-bond donors (Lipinski definition) is 1. The van der Waals surface area contributed by atoms with Crippen LogP contribution in [0.3, 0.4) is 0 Å². The standard InChI is InChI=1S/C13H28N2S/c1-12(2)11-16-10-4-7-14-13-5-8-15(3)9-6-13/h12-14H,4-11H2,1-3H3. The fourth-order valence-electron chi connectivity index (χ4n) is 2.01. The quantitative estimate of drug-likeness (QED) is 0.693. The van der Waals surface area contributed by atoms with Crippen molar-refractivity contribution in [1.82, 2.24) is 10.2 Å². The van der Waals surface area contributed by atoms with Crippen molar-refractivity contribution in [2.45, 2.75) is 39.2 Å². The lowest BCUT2D eigenvalue weighted by Gasteiger charge is -2.29. The summed E-state index contributed by atoms with van der Waals surface area (Å²) in [6.45, 7) is 8.33. The van der Waals surface area contributed by atoms with Gasteiger partial charge < -0.3 is 10.2 Å². The van der Waals surface area contributed by atoms with Crippen LogP contribution in [0.25, 0.3) is 0 Å². The van der Waals surface area contributed by atoms with Gasteiger partial charge in [-0.15, -0.1) is 0 Å². The smallest absolute Gasteiger partial charge is 0.00914 e. The Morgan fingerprint density at radius 2 is 2.00 bits per heavy atom. The van der Waals surface area contributed by atoms with Crippen LogP contribution in [-0.4, -0.2) is 49.1 Å². The van der Waals surface area contributed by atoms with Crippen molar-refractivity contribution in [1.29, 1.82) is 0 Å². The van der Waals surface area contributed by atoms with E-state index in [-0.39, 0.29) is 0 Å². The van der Waals surface area contributed by atoms with Crippen LogP contribution >= 0.6 is 11.8 Å². The van der Waals surface area contributed by atoms with E-state index in [0.717, 1.165) is 12.0 Å². The summed E-state index contributed by atoms with van der Waals surface area (Å²) in [6, 6.07) is 0.784. The molecule has 1 aliphatic heterocycles. The van der Waals surface area contributed by atoms with Gasteiger partial charge in [0.25, 0.3) is 0 Å². The second-order valence-corrected chi connectivity index (χ2v) is 6.50. The fraction of sp³-hybridized carbons (Fsp3) is 1.00. The summed E-state index contributed by atoms with van der Waals surface area (Å²) in [4.78, 5) is 2.43. The van der Waals surface area contributed by atoms with Crippen LogP contribution in [0.15, 0.2) is 0 Å². The van der Waals surface area contributed by atoms with Crippen molar-refractivity contribution in [3.63, 3.8) is 0 Å². The lowest BCUT2D eigenvalue weighted by molar-refractivity contribution is 0.235.